The molecule has 0 fully saturated rings. The van der Waals surface area contributed by atoms with Gasteiger partial charge in [0, 0.05) is 35.2 Å². The summed E-state index contributed by atoms with van der Waals surface area (Å²) in [5.41, 5.74) is 1.67. The summed E-state index contributed by atoms with van der Waals surface area (Å²) in [6.07, 6.45) is 1.30. The minimum Gasteiger partial charge on any atom is -0.504 e. The number of allylic oxidation sites excluding steroid dienone is 2. The number of benzene rings is 2. The van der Waals surface area contributed by atoms with Crippen molar-refractivity contribution in [3.63, 3.8) is 0 Å². The number of hydrogen-bond donors (Lipinski definition) is 1. The fraction of sp³-hybridized carbons (Fsp3) is 0.304. The van der Waals surface area contributed by atoms with Gasteiger partial charge in [0.2, 0.25) is 0 Å². The predicted octanol–water partition coefficient (Wildman–Crippen LogP) is 5.71. The summed E-state index contributed by atoms with van der Waals surface area (Å²) in [6.45, 7) is 2.26. The molecule has 2 rings (SSSR count). The van der Waals surface area contributed by atoms with E-state index in [0.29, 0.717) is 46.4 Å². The number of carbonyl (C=O) groups is 2. The number of rotatable bonds is 10. The van der Waals surface area contributed by atoms with Gasteiger partial charge in [-0.05, 0) is 61.2 Å². The third kappa shape index (κ3) is 5.63. The zero-order valence-electron chi connectivity index (χ0n) is 17.1. The average molecular weight is 451 g/mol. The number of ether oxygens (including phenoxy) is 2. The zero-order chi connectivity index (χ0) is 22.3. The molecular formula is C23H24Cl2O5. The Morgan fingerprint density at radius 2 is 1.90 bits per heavy atom. The SMILES string of the molecule is COCCCC(/C(C(=O)c1ccc(OC)c(C)c1)=C(/O)C=O)c1ccc(Cl)cc1Cl. The predicted molar refractivity (Wildman–Crippen MR) is 118 cm³/mol. The number of hydrogen-bond acceptors (Lipinski definition) is 5. The molecule has 0 bridgehead atoms. The second-order valence-electron chi connectivity index (χ2n) is 6.78. The Hall–Kier alpha value is -2.34. The fourth-order valence-electron chi connectivity index (χ4n) is 3.36. The van der Waals surface area contributed by atoms with Gasteiger partial charge >= 0.3 is 0 Å². The first-order valence-electron chi connectivity index (χ1n) is 9.35. The van der Waals surface area contributed by atoms with E-state index in [0.717, 1.165) is 5.56 Å². The largest absolute Gasteiger partial charge is 0.504 e. The van der Waals surface area contributed by atoms with Gasteiger partial charge in [0.1, 0.15) is 5.75 Å². The summed E-state index contributed by atoms with van der Waals surface area (Å²) < 4.78 is 10.4. The first kappa shape index (κ1) is 23.9. The van der Waals surface area contributed by atoms with E-state index >= 15 is 0 Å². The fourth-order valence-corrected chi connectivity index (χ4v) is 3.90. The summed E-state index contributed by atoms with van der Waals surface area (Å²) in [4.78, 5) is 24.9. The minimum absolute atomic E-state index is 0.0186. The number of aldehydes is 1. The number of carbonyl (C=O) groups excluding carboxylic acids is 2. The number of Topliss-reactive ketones (excluding diaryl/α,β-unsaturated/α-hetero) is 1. The monoisotopic (exact) mass is 450 g/mol. The van der Waals surface area contributed by atoms with Crippen LogP contribution in [0.4, 0.5) is 0 Å². The van der Waals surface area contributed by atoms with Crippen LogP contribution in [0, 0.1) is 6.92 Å². The summed E-state index contributed by atoms with van der Waals surface area (Å²) in [6, 6.07) is 9.86. The lowest BCUT2D eigenvalue weighted by atomic mass is 9.82. The number of aryl methyl sites for hydroxylation is 1. The Kier molecular flexibility index (Phi) is 8.90. The van der Waals surface area contributed by atoms with Crippen LogP contribution in [0.2, 0.25) is 10.0 Å². The lowest BCUT2D eigenvalue weighted by molar-refractivity contribution is -0.107. The molecule has 0 saturated carbocycles. The topological polar surface area (TPSA) is 72.8 Å². The quantitative estimate of drug-likeness (QED) is 0.165. The van der Waals surface area contributed by atoms with Crippen molar-refractivity contribution in [1.82, 2.24) is 0 Å². The van der Waals surface area contributed by atoms with Crippen LogP contribution >= 0.6 is 23.2 Å². The molecule has 2 aromatic rings. The van der Waals surface area contributed by atoms with Gasteiger partial charge < -0.3 is 14.6 Å². The molecule has 1 N–H and O–H groups in total. The lowest BCUT2D eigenvalue weighted by Gasteiger charge is -2.22. The average Bonchev–Trinajstić information content (AvgIpc) is 2.72. The highest BCUT2D eigenvalue weighted by atomic mass is 35.5. The van der Waals surface area contributed by atoms with Gasteiger partial charge in [0.25, 0.3) is 0 Å². The molecule has 0 heterocycles. The first-order valence-corrected chi connectivity index (χ1v) is 10.1. The molecule has 5 nitrogen and oxygen atoms in total. The van der Waals surface area contributed by atoms with E-state index in [1.165, 1.54) is 0 Å². The molecule has 7 heteroatoms. The zero-order valence-corrected chi connectivity index (χ0v) is 18.6. The van der Waals surface area contributed by atoms with Gasteiger partial charge in [-0.1, -0.05) is 29.3 Å². The molecular weight excluding hydrogens is 427 g/mol. The highest BCUT2D eigenvalue weighted by Gasteiger charge is 2.29. The molecule has 160 valence electrons. The number of aliphatic hydroxyl groups excluding tert-OH is 1. The van der Waals surface area contributed by atoms with Gasteiger partial charge in [-0.2, -0.15) is 0 Å². The third-order valence-electron chi connectivity index (χ3n) is 4.82. The van der Waals surface area contributed by atoms with Crippen LogP contribution in [0.1, 0.15) is 40.2 Å². The van der Waals surface area contributed by atoms with E-state index in [-0.39, 0.29) is 11.9 Å². The molecule has 0 aliphatic carbocycles. The van der Waals surface area contributed by atoms with Crippen LogP contribution in [-0.2, 0) is 9.53 Å². The van der Waals surface area contributed by atoms with Gasteiger partial charge in [0.15, 0.2) is 17.8 Å². The van der Waals surface area contributed by atoms with Crippen molar-refractivity contribution in [2.75, 3.05) is 20.8 Å². The van der Waals surface area contributed by atoms with Crippen LogP contribution in [0.5, 0.6) is 5.75 Å². The molecule has 1 atom stereocenters. The molecule has 0 aromatic heterocycles. The summed E-state index contributed by atoms with van der Waals surface area (Å²) >= 11 is 12.4. The lowest BCUT2D eigenvalue weighted by Crippen LogP contribution is -2.17. The van der Waals surface area contributed by atoms with Crippen LogP contribution in [-0.4, -0.2) is 38.0 Å². The van der Waals surface area contributed by atoms with Gasteiger partial charge in [-0.15, -0.1) is 0 Å². The Bertz CT molecular complexity index is 953. The molecule has 0 aliphatic heterocycles. The molecule has 30 heavy (non-hydrogen) atoms. The summed E-state index contributed by atoms with van der Waals surface area (Å²) in [5.74, 6) is -1.07. The molecule has 0 amide bonds. The Balaban J connectivity index is 2.59. The summed E-state index contributed by atoms with van der Waals surface area (Å²) in [7, 11) is 3.12. The third-order valence-corrected chi connectivity index (χ3v) is 5.38. The first-order chi connectivity index (χ1) is 14.3. The molecule has 1 unspecified atom stereocenters. The maximum atomic E-state index is 13.4. The Morgan fingerprint density at radius 1 is 1.17 bits per heavy atom. The number of aliphatic hydroxyl groups is 1. The van der Waals surface area contributed by atoms with E-state index in [1.807, 2.05) is 6.92 Å². The molecule has 0 radical (unpaired) electrons. The van der Waals surface area contributed by atoms with Gasteiger partial charge in [0.05, 0.1) is 12.7 Å². The van der Waals surface area contributed by atoms with Crippen molar-refractivity contribution in [1.29, 1.82) is 0 Å². The Labute approximate surface area is 186 Å². The van der Waals surface area contributed by atoms with Gasteiger partial charge in [-0.3, -0.25) is 9.59 Å². The number of ketones is 1. The Morgan fingerprint density at radius 3 is 2.47 bits per heavy atom. The van der Waals surface area contributed by atoms with E-state index < -0.39 is 17.5 Å². The van der Waals surface area contributed by atoms with Crippen molar-refractivity contribution >= 4 is 35.3 Å². The highest BCUT2D eigenvalue weighted by Crippen LogP contribution is 2.38. The van der Waals surface area contributed by atoms with E-state index in [1.54, 1.807) is 50.6 Å². The maximum absolute atomic E-state index is 13.4. The van der Waals surface area contributed by atoms with E-state index in [2.05, 4.69) is 0 Å². The van der Waals surface area contributed by atoms with Gasteiger partial charge in [-0.25, -0.2) is 0 Å². The van der Waals surface area contributed by atoms with Crippen molar-refractivity contribution < 1.29 is 24.2 Å². The van der Waals surface area contributed by atoms with E-state index in [4.69, 9.17) is 32.7 Å². The highest BCUT2D eigenvalue weighted by molar-refractivity contribution is 6.35. The minimum atomic E-state index is -0.623. The molecule has 0 aliphatic rings. The van der Waals surface area contributed by atoms with Crippen molar-refractivity contribution in [2.45, 2.75) is 25.7 Å². The van der Waals surface area contributed by atoms with Crippen molar-refractivity contribution in [2.24, 2.45) is 0 Å². The molecule has 0 saturated heterocycles. The standard InChI is InChI=1S/C23H24Cl2O5/c1-14-11-15(6-9-21(14)30-3)23(28)22(20(27)13-26)18(5-4-10-29-2)17-8-7-16(24)12-19(17)25/h6-9,11-13,18,27H,4-5,10H2,1-3H3/b22-20-. The van der Waals surface area contributed by atoms with Crippen LogP contribution in [0.25, 0.3) is 0 Å². The molecule has 2 aromatic carbocycles. The normalized spacial score (nSPS) is 12.8. The maximum Gasteiger partial charge on any atom is 0.193 e. The number of methoxy groups -OCH3 is 2. The summed E-state index contributed by atoms with van der Waals surface area (Å²) in [5, 5.41) is 11.2. The van der Waals surface area contributed by atoms with Crippen molar-refractivity contribution in [3.05, 3.63) is 74.5 Å². The second kappa shape index (κ2) is 11.2. The van der Waals surface area contributed by atoms with Crippen LogP contribution < -0.4 is 4.74 Å². The van der Waals surface area contributed by atoms with Crippen LogP contribution in [0.3, 0.4) is 0 Å². The second-order valence-corrected chi connectivity index (χ2v) is 7.63. The van der Waals surface area contributed by atoms with Crippen LogP contribution in [0.15, 0.2) is 47.7 Å². The van der Waals surface area contributed by atoms with Crippen molar-refractivity contribution in [3.8, 4) is 5.75 Å². The molecule has 0 spiro atoms. The van der Waals surface area contributed by atoms with E-state index in [9.17, 15) is 14.7 Å². The number of halogens is 2. The smallest absolute Gasteiger partial charge is 0.193 e.